The van der Waals surface area contributed by atoms with E-state index in [-0.39, 0.29) is 17.9 Å². The lowest BCUT2D eigenvalue weighted by Crippen LogP contribution is -2.47. The summed E-state index contributed by atoms with van der Waals surface area (Å²) in [5.74, 6) is 0.171. The molecule has 2 aliphatic heterocycles. The first-order valence-electron chi connectivity index (χ1n) is 8.03. The summed E-state index contributed by atoms with van der Waals surface area (Å²) >= 11 is 2.30. The zero-order chi connectivity index (χ0) is 16.2. The largest absolute Gasteiger partial charge is 0.374 e. The first kappa shape index (κ1) is 16.4. The number of nitrogens with zero attached hydrogens (tertiary/aromatic N) is 1. The van der Waals surface area contributed by atoms with Crippen LogP contribution in [0.1, 0.15) is 37.2 Å². The van der Waals surface area contributed by atoms with Gasteiger partial charge in [-0.25, -0.2) is 4.58 Å². The number of rotatable bonds is 3. The Morgan fingerprint density at radius 2 is 2.00 bits per heavy atom. The second-order valence-corrected chi connectivity index (χ2v) is 6.74. The number of nitrogens with one attached hydrogen (secondary N) is 2. The zero-order valence-corrected chi connectivity index (χ0v) is 15.1. The average Bonchev–Trinajstić information content (AvgIpc) is 2.58. The number of halogens is 1. The molecule has 2 aliphatic rings. The lowest BCUT2D eigenvalue weighted by Gasteiger charge is -2.24. The summed E-state index contributed by atoms with van der Waals surface area (Å²) in [5.41, 5.74) is 2.29. The van der Waals surface area contributed by atoms with Gasteiger partial charge in [0.25, 0.3) is 0 Å². The molecule has 5 nitrogen and oxygen atoms in total. The molecule has 122 valence electrons. The van der Waals surface area contributed by atoms with Crippen molar-refractivity contribution in [1.82, 2.24) is 5.32 Å². The van der Waals surface area contributed by atoms with Crippen LogP contribution in [0, 0.1) is 0 Å². The molecule has 2 amide bonds. The number of carbonyl (C=O) groups excluding carboxylic acids is 2. The van der Waals surface area contributed by atoms with Crippen LogP contribution < -0.4 is 10.6 Å². The summed E-state index contributed by atoms with van der Waals surface area (Å²) in [5, 5.41) is 5.66. The molecule has 1 unspecified atom stereocenters. The van der Waals surface area contributed by atoms with Gasteiger partial charge in [0.1, 0.15) is 19.1 Å². The number of carbonyl (C=O) groups is 2. The molecule has 0 bridgehead atoms. The Kier molecular flexibility index (Phi) is 5.30. The van der Waals surface area contributed by atoms with Gasteiger partial charge >= 0.3 is 0 Å². The van der Waals surface area contributed by atoms with E-state index in [0.29, 0.717) is 18.8 Å². The van der Waals surface area contributed by atoms with Gasteiger partial charge in [0, 0.05) is 47.5 Å². The van der Waals surface area contributed by atoms with Gasteiger partial charge < -0.3 is 5.32 Å². The molecule has 1 aromatic carbocycles. The van der Waals surface area contributed by atoms with E-state index < -0.39 is 0 Å². The van der Waals surface area contributed by atoms with Crippen LogP contribution in [0.25, 0.3) is 0 Å². The van der Waals surface area contributed by atoms with Gasteiger partial charge in [0.2, 0.25) is 11.8 Å². The fourth-order valence-electron chi connectivity index (χ4n) is 3.25. The van der Waals surface area contributed by atoms with E-state index in [1.165, 1.54) is 5.56 Å². The van der Waals surface area contributed by atoms with Crippen LogP contribution in [0.15, 0.2) is 24.3 Å². The molecule has 2 N–H and O–H groups in total. The molecular formula is C17H21IN3O2+. The van der Waals surface area contributed by atoms with Crippen molar-refractivity contribution in [2.45, 2.75) is 37.6 Å². The minimum absolute atomic E-state index is 0.180. The summed E-state index contributed by atoms with van der Waals surface area (Å²) < 4.78 is 4.48. The fourth-order valence-corrected chi connectivity index (χ4v) is 3.80. The predicted molar refractivity (Wildman–Crippen MR) is 98.3 cm³/mol. The van der Waals surface area contributed by atoms with Crippen LogP contribution >= 0.6 is 22.6 Å². The van der Waals surface area contributed by atoms with Gasteiger partial charge in [-0.3, -0.25) is 14.9 Å². The number of anilines is 1. The van der Waals surface area contributed by atoms with E-state index in [1.54, 1.807) is 0 Å². The van der Waals surface area contributed by atoms with Crippen LogP contribution in [0.3, 0.4) is 0 Å². The van der Waals surface area contributed by atoms with Gasteiger partial charge in [-0.1, -0.05) is 12.1 Å². The minimum atomic E-state index is -0.321. The van der Waals surface area contributed by atoms with Gasteiger partial charge in [-0.2, -0.15) is 0 Å². The highest BCUT2D eigenvalue weighted by Crippen LogP contribution is 2.28. The molecule has 2 saturated heterocycles. The van der Waals surface area contributed by atoms with Gasteiger partial charge in [0.15, 0.2) is 4.22 Å². The minimum Gasteiger partial charge on any atom is -0.374 e. The fraction of sp³-hybridized carbons (Fsp3) is 0.471. The second kappa shape index (κ2) is 7.42. The molecule has 0 aliphatic carbocycles. The molecule has 6 heteroatoms. The maximum absolute atomic E-state index is 11.9. The third kappa shape index (κ3) is 4.10. The van der Waals surface area contributed by atoms with Crippen LogP contribution in [-0.4, -0.2) is 39.7 Å². The Morgan fingerprint density at radius 3 is 2.70 bits per heavy atom. The van der Waals surface area contributed by atoms with Crippen LogP contribution in [0.2, 0.25) is 0 Å². The lowest BCUT2D eigenvalue weighted by atomic mass is 9.89. The van der Waals surface area contributed by atoms with E-state index in [0.717, 1.165) is 31.6 Å². The average molecular weight is 426 g/mol. The molecule has 0 aromatic heterocycles. The Balaban J connectivity index is 1.66. The molecule has 1 aromatic rings. The first-order chi connectivity index (χ1) is 11.2. The normalized spacial score (nSPS) is 25.0. The van der Waals surface area contributed by atoms with Crippen molar-refractivity contribution in [1.29, 1.82) is 0 Å². The van der Waals surface area contributed by atoms with Crippen molar-refractivity contribution in [3.8, 4) is 0 Å². The number of piperidine rings is 2. The quantitative estimate of drug-likeness (QED) is 0.443. The predicted octanol–water partition coefficient (Wildman–Crippen LogP) is 2.26. The van der Waals surface area contributed by atoms with E-state index in [2.05, 4.69) is 54.2 Å². The summed E-state index contributed by atoms with van der Waals surface area (Å²) in [6.45, 7) is 2.19. The molecule has 2 heterocycles. The highest BCUT2D eigenvalue weighted by Gasteiger charge is 2.27. The van der Waals surface area contributed by atoms with Crippen LogP contribution in [0.4, 0.5) is 5.69 Å². The van der Waals surface area contributed by atoms with Crippen molar-refractivity contribution in [3.05, 3.63) is 29.8 Å². The molecule has 23 heavy (non-hydrogen) atoms. The summed E-state index contributed by atoms with van der Waals surface area (Å²) in [6.07, 6.45) is 3.26. The van der Waals surface area contributed by atoms with Crippen molar-refractivity contribution in [3.63, 3.8) is 0 Å². The Morgan fingerprint density at radius 1 is 1.22 bits per heavy atom. The van der Waals surface area contributed by atoms with E-state index in [1.807, 2.05) is 12.1 Å². The van der Waals surface area contributed by atoms with Crippen molar-refractivity contribution in [2.75, 3.05) is 18.4 Å². The molecule has 1 atom stereocenters. The van der Waals surface area contributed by atoms with Crippen molar-refractivity contribution < 1.29 is 14.2 Å². The molecule has 0 spiro atoms. The number of hydrogen-bond acceptors (Lipinski definition) is 3. The molecule has 0 radical (unpaired) electrons. The smallest absolute Gasteiger partial charge is 0.249 e. The first-order valence-corrected chi connectivity index (χ1v) is 9.28. The number of benzene rings is 1. The topological polar surface area (TPSA) is 61.2 Å². The summed E-state index contributed by atoms with van der Waals surface area (Å²) in [6, 6.07) is 8.03. The van der Waals surface area contributed by atoms with Crippen molar-refractivity contribution in [2.24, 2.45) is 0 Å². The second-order valence-electron chi connectivity index (χ2n) is 6.18. The van der Waals surface area contributed by atoms with Crippen molar-refractivity contribution >= 4 is 44.3 Å². The van der Waals surface area contributed by atoms with Gasteiger partial charge in [-0.15, -0.1) is 0 Å². The number of amides is 2. The van der Waals surface area contributed by atoms with Crippen LogP contribution in [0.5, 0.6) is 0 Å². The van der Waals surface area contributed by atoms with E-state index in [9.17, 15) is 9.59 Å². The maximum Gasteiger partial charge on any atom is 0.249 e. The van der Waals surface area contributed by atoms with E-state index >= 15 is 0 Å². The number of hydrogen-bond donors (Lipinski definition) is 2. The SMILES string of the molecule is O=C1CCC(Nc2cccc(C3CC[N+](=CI)CC3)c2)C(=O)N1. The number of imide groups is 1. The molecule has 2 fully saturated rings. The standard InChI is InChI=1S/C17H20IN3O2/c18-11-21-8-6-12(7-9-21)13-2-1-3-14(10-13)19-15-4-5-16(22)20-17(15)23/h1-3,10-12,15,19H,4-9H2/p+1. The Labute approximate surface area is 149 Å². The highest BCUT2D eigenvalue weighted by atomic mass is 127. The van der Waals surface area contributed by atoms with Gasteiger partial charge in [-0.05, 0) is 30.0 Å². The maximum atomic E-state index is 11.9. The van der Waals surface area contributed by atoms with E-state index in [4.69, 9.17) is 0 Å². The molecular weight excluding hydrogens is 405 g/mol. The lowest BCUT2D eigenvalue weighted by molar-refractivity contribution is -0.531. The molecule has 0 saturated carbocycles. The summed E-state index contributed by atoms with van der Waals surface area (Å²) in [4.78, 5) is 23.1. The van der Waals surface area contributed by atoms with Gasteiger partial charge in [0.05, 0.1) is 0 Å². The van der Waals surface area contributed by atoms with Crippen LogP contribution in [-0.2, 0) is 9.59 Å². The zero-order valence-electron chi connectivity index (χ0n) is 12.9. The summed E-state index contributed by atoms with van der Waals surface area (Å²) in [7, 11) is 0. The third-order valence-electron chi connectivity index (χ3n) is 4.61. The highest BCUT2D eigenvalue weighted by molar-refractivity contribution is 14.1. The Bertz CT molecular complexity index is 634. The Hall–Kier alpha value is -1.44. The molecule has 3 rings (SSSR count). The third-order valence-corrected chi connectivity index (χ3v) is 5.39. The monoisotopic (exact) mass is 426 g/mol.